The standard InChI is InChI=1S/C10H17NO3S/c1-10(2)13-5-7(6-14-10)11-4-8(15)3-9(11)12/h7-8,15H,3-6H2,1-2H3. The summed E-state index contributed by atoms with van der Waals surface area (Å²) in [6.07, 6.45) is 0.531. The highest BCUT2D eigenvalue weighted by Gasteiger charge is 2.37. The summed E-state index contributed by atoms with van der Waals surface area (Å²) in [7, 11) is 0. The molecule has 0 aromatic carbocycles. The Balaban J connectivity index is 1.93. The van der Waals surface area contributed by atoms with Crippen LogP contribution in [0, 0.1) is 0 Å². The van der Waals surface area contributed by atoms with Gasteiger partial charge in [0.1, 0.15) is 0 Å². The third-order valence-corrected chi connectivity index (χ3v) is 3.17. The first-order chi connectivity index (χ1) is 6.98. The molecule has 1 amide bonds. The van der Waals surface area contributed by atoms with Crippen molar-refractivity contribution in [2.24, 2.45) is 0 Å². The van der Waals surface area contributed by atoms with Gasteiger partial charge < -0.3 is 14.4 Å². The van der Waals surface area contributed by atoms with Crippen molar-refractivity contribution in [2.45, 2.75) is 37.3 Å². The van der Waals surface area contributed by atoms with Crippen LogP contribution in [-0.4, -0.2) is 47.6 Å². The molecule has 2 rings (SSSR count). The lowest BCUT2D eigenvalue weighted by Gasteiger charge is -2.38. The molecule has 0 N–H and O–H groups in total. The van der Waals surface area contributed by atoms with Crippen molar-refractivity contribution < 1.29 is 14.3 Å². The van der Waals surface area contributed by atoms with Crippen molar-refractivity contribution >= 4 is 18.5 Å². The van der Waals surface area contributed by atoms with Gasteiger partial charge >= 0.3 is 0 Å². The maximum absolute atomic E-state index is 11.6. The molecule has 4 nitrogen and oxygen atoms in total. The average molecular weight is 231 g/mol. The summed E-state index contributed by atoms with van der Waals surface area (Å²) >= 11 is 4.32. The number of carbonyl (C=O) groups excluding carboxylic acids is 1. The third kappa shape index (κ3) is 2.46. The number of likely N-dealkylation sites (tertiary alicyclic amines) is 1. The molecule has 1 atom stereocenters. The zero-order valence-corrected chi connectivity index (χ0v) is 10.00. The molecular formula is C10H17NO3S. The van der Waals surface area contributed by atoms with Crippen LogP contribution in [0.15, 0.2) is 0 Å². The molecule has 86 valence electrons. The number of rotatable bonds is 1. The number of ether oxygens (including phenoxy) is 2. The molecule has 0 aliphatic carbocycles. The predicted molar refractivity (Wildman–Crippen MR) is 58.9 cm³/mol. The van der Waals surface area contributed by atoms with E-state index in [-0.39, 0.29) is 17.2 Å². The van der Waals surface area contributed by atoms with E-state index in [1.54, 1.807) is 0 Å². The monoisotopic (exact) mass is 231 g/mol. The van der Waals surface area contributed by atoms with E-state index in [1.165, 1.54) is 0 Å². The van der Waals surface area contributed by atoms with Gasteiger partial charge in [-0.05, 0) is 13.8 Å². The van der Waals surface area contributed by atoms with Gasteiger partial charge in [-0.3, -0.25) is 4.79 Å². The molecule has 2 aliphatic heterocycles. The molecule has 0 aromatic heterocycles. The SMILES string of the molecule is CC1(C)OCC(N2CC(S)CC2=O)CO1. The van der Waals surface area contributed by atoms with Crippen molar-refractivity contribution in [1.29, 1.82) is 0 Å². The zero-order chi connectivity index (χ0) is 11.1. The minimum Gasteiger partial charge on any atom is -0.348 e. The van der Waals surface area contributed by atoms with Crippen LogP contribution in [0.4, 0.5) is 0 Å². The fourth-order valence-electron chi connectivity index (χ4n) is 1.93. The lowest BCUT2D eigenvalue weighted by Crippen LogP contribution is -2.51. The van der Waals surface area contributed by atoms with Crippen LogP contribution in [0.25, 0.3) is 0 Å². The maximum Gasteiger partial charge on any atom is 0.224 e. The molecule has 0 radical (unpaired) electrons. The van der Waals surface area contributed by atoms with Crippen molar-refractivity contribution in [3.05, 3.63) is 0 Å². The largest absolute Gasteiger partial charge is 0.348 e. The molecule has 0 saturated carbocycles. The second-order valence-corrected chi connectivity index (χ2v) is 5.31. The molecular weight excluding hydrogens is 214 g/mol. The van der Waals surface area contributed by atoms with E-state index >= 15 is 0 Å². The van der Waals surface area contributed by atoms with E-state index in [9.17, 15) is 4.79 Å². The smallest absolute Gasteiger partial charge is 0.224 e. The van der Waals surface area contributed by atoms with Crippen LogP contribution in [0.2, 0.25) is 0 Å². The average Bonchev–Trinajstić information content (AvgIpc) is 2.45. The first kappa shape index (κ1) is 11.2. The molecule has 2 aliphatic rings. The molecule has 5 heteroatoms. The molecule has 2 heterocycles. The van der Waals surface area contributed by atoms with Gasteiger partial charge in [0.15, 0.2) is 5.79 Å². The molecule has 1 unspecified atom stereocenters. The van der Waals surface area contributed by atoms with Gasteiger partial charge in [0.25, 0.3) is 0 Å². The topological polar surface area (TPSA) is 38.8 Å². The minimum absolute atomic E-state index is 0.0580. The number of nitrogens with zero attached hydrogens (tertiary/aromatic N) is 1. The molecule has 0 aromatic rings. The van der Waals surface area contributed by atoms with Crippen LogP contribution < -0.4 is 0 Å². The Morgan fingerprint density at radius 3 is 2.47 bits per heavy atom. The highest BCUT2D eigenvalue weighted by atomic mass is 32.1. The summed E-state index contributed by atoms with van der Waals surface area (Å²) in [6.45, 7) is 5.59. The van der Waals surface area contributed by atoms with E-state index in [4.69, 9.17) is 9.47 Å². The van der Waals surface area contributed by atoms with Gasteiger partial charge in [-0.15, -0.1) is 0 Å². The number of hydrogen-bond acceptors (Lipinski definition) is 4. The van der Waals surface area contributed by atoms with Gasteiger partial charge in [0, 0.05) is 18.2 Å². The summed E-state index contributed by atoms with van der Waals surface area (Å²) < 4.78 is 11.1. The van der Waals surface area contributed by atoms with E-state index in [0.29, 0.717) is 26.2 Å². The Bertz CT molecular complexity index is 259. The lowest BCUT2D eigenvalue weighted by atomic mass is 10.2. The molecule has 2 saturated heterocycles. The molecule has 0 spiro atoms. The quantitative estimate of drug-likeness (QED) is 0.674. The fourth-order valence-corrected chi connectivity index (χ4v) is 2.26. The number of amides is 1. The van der Waals surface area contributed by atoms with E-state index in [0.717, 1.165) is 0 Å². The van der Waals surface area contributed by atoms with Gasteiger partial charge in [-0.1, -0.05) is 0 Å². The van der Waals surface area contributed by atoms with Crippen molar-refractivity contribution in [3.8, 4) is 0 Å². The summed E-state index contributed by atoms with van der Waals surface area (Å²) in [5.41, 5.74) is 0. The number of hydrogen-bond donors (Lipinski definition) is 1. The Morgan fingerprint density at radius 2 is 2.00 bits per heavy atom. The summed E-state index contributed by atoms with van der Waals surface area (Å²) in [5.74, 6) is -0.355. The summed E-state index contributed by atoms with van der Waals surface area (Å²) in [4.78, 5) is 13.4. The Hall–Kier alpha value is -0.260. The third-order valence-electron chi connectivity index (χ3n) is 2.83. The predicted octanol–water partition coefficient (Wildman–Crippen LogP) is 0.669. The van der Waals surface area contributed by atoms with Crippen molar-refractivity contribution in [2.75, 3.05) is 19.8 Å². The van der Waals surface area contributed by atoms with E-state index in [2.05, 4.69) is 12.6 Å². The number of thiol groups is 1. The lowest BCUT2D eigenvalue weighted by molar-refractivity contribution is -0.262. The van der Waals surface area contributed by atoms with Crippen LogP contribution in [-0.2, 0) is 14.3 Å². The number of carbonyl (C=O) groups is 1. The van der Waals surface area contributed by atoms with Gasteiger partial charge in [0.05, 0.1) is 19.3 Å². The Morgan fingerprint density at radius 1 is 1.40 bits per heavy atom. The van der Waals surface area contributed by atoms with Crippen LogP contribution in [0.5, 0.6) is 0 Å². The van der Waals surface area contributed by atoms with Crippen LogP contribution in [0.1, 0.15) is 20.3 Å². The summed E-state index contributed by atoms with van der Waals surface area (Å²) in [6, 6.07) is 0.0580. The highest BCUT2D eigenvalue weighted by molar-refractivity contribution is 7.81. The molecule has 15 heavy (non-hydrogen) atoms. The van der Waals surface area contributed by atoms with Gasteiger partial charge in [-0.2, -0.15) is 12.6 Å². The Labute approximate surface area is 95.3 Å². The van der Waals surface area contributed by atoms with Crippen molar-refractivity contribution in [1.82, 2.24) is 4.90 Å². The van der Waals surface area contributed by atoms with Gasteiger partial charge in [0.2, 0.25) is 5.91 Å². The highest BCUT2D eigenvalue weighted by Crippen LogP contribution is 2.24. The minimum atomic E-state index is -0.514. The first-order valence-corrected chi connectivity index (χ1v) is 5.75. The second-order valence-electron chi connectivity index (χ2n) is 4.58. The second kappa shape index (κ2) is 3.96. The summed E-state index contributed by atoms with van der Waals surface area (Å²) in [5, 5.41) is 0.160. The van der Waals surface area contributed by atoms with E-state index in [1.807, 2.05) is 18.7 Å². The maximum atomic E-state index is 11.6. The van der Waals surface area contributed by atoms with E-state index < -0.39 is 5.79 Å². The Kier molecular flexibility index (Phi) is 2.96. The van der Waals surface area contributed by atoms with Crippen LogP contribution >= 0.6 is 12.6 Å². The fraction of sp³-hybridized carbons (Fsp3) is 0.900. The van der Waals surface area contributed by atoms with Crippen molar-refractivity contribution in [3.63, 3.8) is 0 Å². The van der Waals surface area contributed by atoms with Crippen LogP contribution in [0.3, 0.4) is 0 Å². The normalized spacial score (nSPS) is 32.3. The molecule has 0 bridgehead atoms. The molecule has 2 fully saturated rings. The zero-order valence-electron chi connectivity index (χ0n) is 9.10. The van der Waals surface area contributed by atoms with Gasteiger partial charge in [-0.25, -0.2) is 0 Å². The first-order valence-electron chi connectivity index (χ1n) is 5.23.